The molecule has 0 N–H and O–H groups in total. The molecule has 0 spiro atoms. The van der Waals surface area contributed by atoms with Crippen molar-refractivity contribution in [2.75, 3.05) is 4.90 Å². The molecule has 1 nitrogen and oxygen atoms in total. The lowest BCUT2D eigenvalue weighted by atomic mass is 9.67. The van der Waals surface area contributed by atoms with Gasteiger partial charge in [-0.1, -0.05) is 200 Å². The molecule has 56 heavy (non-hydrogen) atoms. The Morgan fingerprint density at radius 1 is 0.321 bits per heavy atom. The molecule has 1 aliphatic rings. The van der Waals surface area contributed by atoms with Crippen LogP contribution in [-0.4, -0.2) is 0 Å². The zero-order valence-electron chi connectivity index (χ0n) is 38.3. The van der Waals surface area contributed by atoms with E-state index in [9.17, 15) is 11.0 Å². The summed E-state index contributed by atoms with van der Waals surface area (Å²) in [4.78, 5) is 1.45. The van der Waals surface area contributed by atoms with Crippen LogP contribution in [0.1, 0.15) is 33.2 Å². The van der Waals surface area contributed by atoms with Crippen molar-refractivity contribution >= 4 is 17.1 Å². The van der Waals surface area contributed by atoms with Gasteiger partial charge in [0.1, 0.15) is 0 Å². The van der Waals surface area contributed by atoms with E-state index in [4.69, 9.17) is 0 Å². The normalized spacial score (nSPS) is 14.4. The van der Waals surface area contributed by atoms with E-state index in [2.05, 4.69) is 42.5 Å². The number of hydrogen-bond acceptors (Lipinski definition) is 1. The van der Waals surface area contributed by atoms with Crippen molar-refractivity contribution in [3.63, 3.8) is 0 Å². The van der Waals surface area contributed by atoms with E-state index >= 15 is 0 Å². The van der Waals surface area contributed by atoms with Crippen molar-refractivity contribution in [1.29, 1.82) is 0 Å². The fourth-order valence-corrected chi connectivity index (χ4v) is 8.20. The lowest BCUT2D eigenvalue weighted by Gasteiger charge is -2.35. The van der Waals surface area contributed by atoms with E-state index in [1.165, 1.54) is 4.90 Å². The second-order valence-electron chi connectivity index (χ2n) is 13.8. The Kier molecular flexibility index (Phi) is 6.53. The summed E-state index contributed by atoms with van der Waals surface area (Å²) in [6, 6.07) is 57.6. The molecule has 9 aromatic rings. The summed E-state index contributed by atoms with van der Waals surface area (Å²) in [6.07, 6.45) is 0. The highest BCUT2D eigenvalue weighted by Crippen LogP contribution is 2.58. The van der Waals surface area contributed by atoms with Gasteiger partial charge in [-0.05, 0) is 97.5 Å². The summed E-state index contributed by atoms with van der Waals surface area (Å²) in [5, 5.41) is 0. The summed E-state index contributed by atoms with van der Waals surface area (Å²) in [6.45, 7) is 0. The van der Waals surface area contributed by atoms with Gasteiger partial charge in [0.25, 0.3) is 0 Å². The van der Waals surface area contributed by atoms with Gasteiger partial charge in [0, 0.05) is 16.9 Å². The average Bonchev–Trinajstić information content (AvgIpc) is 3.63. The van der Waals surface area contributed by atoms with E-state index in [0.29, 0.717) is 22.4 Å². The van der Waals surface area contributed by atoms with Gasteiger partial charge in [0.05, 0.1) is 22.1 Å². The van der Waals surface area contributed by atoms with Gasteiger partial charge in [0.15, 0.2) is 0 Å². The predicted molar refractivity (Wildman–Crippen MR) is 235 cm³/mol. The smallest absolute Gasteiger partial charge is 0.0713 e. The number of rotatable bonds is 8. The minimum Gasteiger partial charge on any atom is -0.310 e. The molecule has 1 heteroatoms. The third-order valence-electron chi connectivity index (χ3n) is 10.7. The van der Waals surface area contributed by atoms with Gasteiger partial charge < -0.3 is 4.90 Å². The number of nitrogens with zero attached hydrogens (tertiary/aromatic N) is 1. The highest BCUT2D eigenvalue weighted by molar-refractivity contribution is 5.97. The molecule has 10 rings (SSSR count). The first-order chi connectivity index (χ1) is 31.1. The van der Waals surface area contributed by atoms with E-state index in [1.807, 2.05) is 97.1 Å². The maximum Gasteiger partial charge on any atom is 0.0713 e. The number of benzene rings is 9. The topological polar surface area (TPSA) is 3.24 Å². The first kappa shape index (κ1) is 25.7. The molecule has 0 fully saturated rings. The number of hydrogen-bond donors (Lipinski definition) is 0. The Bertz CT molecular complexity index is 3030. The van der Waals surface area contributed by atoms with Gasteiger partial charge in [-0.25, -0.2) is 0 Å². The molecule has 0 radical (unpaired) electrons. The molecule has 0 bridgehead atoms. The Morgan fingerprint density at radius 2 is 0.732 bits per heavy atom. The third-order valence-corrected chi connectivity index (χ3v) is 10.7. The molecule has 0 saturated heterocycles. The minimum atomic E-state index is -0.802. The van der Waals surface area contributed by atoms with Gasteiger partial charge in [-0.2, -0.15) is 0 Å². The third kappa shape index (κ3) is 5.65. The maximum absolute atomic E-state index is 9.76. The minimum absolute atomic E-state index is 0.111. The van der Waals surface area contributed by atoms with E-state index < -0.39 is 29.6 Å². The molecule has 1 aliphatic carbocycles. The van der Waals surface area contributed by atoms with Crippen LogP contribution in [0.3, 0.4) is 0 Å². The maximum atomic E-state index is 9.76. The van der Waals surface area contributed by atoms with Crippen LogP contribution in [-0.2, 0) is 5.41 Å². The monoisotopic (exact) mass is 721 g/mol. The Morgan fingerprint density at radius 3 is 1.21 bits per heavy atom. The molecule has 0 heterocycles. The quantitative estimate of drug-likeness (QED) is 0.151. The summed E-state index contributed by atoms with van der Waals surface area (Å²) in [5.41, 5.74) is 7.61. The largest absolute Gasteiger partial charge is 0.310 e. The van der Waals surface area contributed by atoms with Crippen LogP contribution >= 0.6 is 0 Å². The summed E-state index contributed by atoms with van der Waals surface area (Å²) in [5.74, 6) is 0. The lowest BCUT2D eigenvalue weighted by molar-refractivity contribution is 0.769. The van der Waals surface area contributed by atoms with Gasteiger partial charge in [-0.3, -0.25) is 0 Å². The van der Waals surface area contributed by atoms with Crippen molar-refractivity contribution in [1.82, 2.24) is 0 Å². The number of fused-ring (bicyclic) bond motifs is 3. The molecule has 0 aliphatic heterocycles. The molecule has 0 aromatic heterocycles. The lowest BCUT2D eigenvalue weighted by Crippen LogP contribution is -2.28. The van der Waals surface area contributed by atoms with Crippen molar-refractivity contribution in [3.8, 4) is 44.5 Å². The predicted octanol–water partition coefficient (Wildman–Crippen LogP) is 14.5. The standard InChI is InChI=1S/C55H39N/c1-6-18-40(19-7-1)42-30-34-47(35-31-42)56(48-36-32-43(33-37-48)41-20-8-2-9-21-41)54-39-51-49-28-16-17-29-52(49)55(45-24-12-4-13-25-45,46-26-14-5-15-27-46)53(51)38-50(54)44-22-10-3-11-23-44/h1-39H/i30D,31D,32D,33D,34D,35D,36D,37D. The molecule has 0 saturated carbocycles. The van der Waals surface area contributed by atoms with Crippen LogP contribution in [0.2, 0.25) is 0 Å². The molecule has 0 amide bonds. The fraction of sp³-hybridized carbons (Fsp3) is 0.0182. The van der Waals surface area contributed by atoms with E-state index in [-0.39, 0.29) is 46.7 Å². The molecular weight excluding hydrogens is 675 g/mol. The van der Waals surface area contributed by atoms with Crippen LogP contribution in [0, 0.1) is 0 Å². The Balaban J connectivity index is 1.38. The first-order valence-corrected chi connectivity index (χ1v) is 18.7. The van der Waals surface area contributed by atoms with Gasteiger partial charge in [0.2, 0.25) is 0 Å². The molecular formula is C55H39N. The SMILES string of the molecule is [2H]c1c([2H])c(N(c2cc3c(cc2-c2ccccc2)C(c2ccccc2)(c2ccccc2)c2ccccc2-3)c2c([2H])c([2H])c(-c3ccccc3)c([2H])c2[2H])c([2H])c([2H])c1-c1ccccc1. The van der Waals surface area contributed by atoms with Crippen LogP contribution in [0.25, 0.3) is 44.5 Å². The Labute approximate surface area is 340 Å². The van der Waals surface area contributed by atoms with Crippen LogP contribution in [0.15, 0.2) is 236 Å². The van der Waals surface area contributed by atoms with E-state index in [1.54, 1.807) is 48.5 Å². The first-order valence-electron chi connectivity index (χ1n) is 22.7. The van der Waals surface area contributed by atoms with Crippen LogP contribution in [0.5, 0.6) is 0 Å². The number of anilines is 3. The highest BCUT2D eigenvalue weighted by Gasteiger charge is 2.46. The highest BCUT2D eigenvalue weighted by atomic mass is 15.1. The Hall–Kier alpha value is -7.22. The van der Waals surface area contributed by atoms with Gasteiger partial charge in [-0.15, -0.1) is 0 Å². The average molecular weight is 722 g/mol. The van der Waals surface area contributed by atoms with Crippen LogP contribution in [0.4, 0.5) is 17.1 Å². The molecule has 264 valence electrons. The van der Waals surface area contributed by atoms with Crippen molar-refractivity contribution in [2.24, 2.45) is 0 Å². The second kappa shape index (κ2) is 14.2. The van der Waals surface area contributed by atoms with E-state index in [0.717, 1.165) is 38.9 Å². The summed E-state index contributed by atoms with van der Waals surface area (Å²) in [7, 11) is 0. The zero-order chi connectivity index (χ0) is 44.3. The molecule has 9 aromatic carbocycles. The molecule has 0 atom stereocenters. The van der Waals surface area contributed by atoms with Crippen LogP contribution < -0.4 is 4.90 Å². The van der Waals surface area contributed by atoms with Crippen molar-refractivity contribution < 1.29 is 11.0 Å². The zero-order valence-corrected chi connectivity index (χ0v) is 30.3. The molecule has 0 unspecified atom stereocenters. The second-order valence-corrected chi connectivity index (χ2v) is 13.8. The van der Waals surface area contributed by atoms with Crippen molar-refractivity contribution in [2.45, 2.75) is 5.41 Å². The van der Waals surface area contributed by atoms with Crippen molar-refractivity contribution in [3.05, 3.63) is 259 Å². The fourth-order valence-electron chi connectivity index (χ4n) is 8.20. The summed E-state index contributed by atoms with van der Waals surface area (Å²) < 4.78 is 76.9. The summed E-state index contributed by atoms with van der Waals surface area (Å²) >= 11 is 0. The van der Waals surface area contributed by atoms with Gasteiger partial charge >= 0.3 is 0 Å².